The number of sulfonamides is 1. The van der Waals surface area contributed by atoms with Gasteiger partial charge in [0.1, 0.15) is 10.6 Å². The number of likely N-dealkylation sites (tertiary alicyclic amines) is 1. The van der Waals surface area contributed by atoms with Crippen molar-refractivity contribution in [1.29, 1.82) is 0 Å². The van der Waals surface area contributed by atoms with Crippen molar-refractivity contribution in [2.24, 2.45) is 5.92 Å². The molecule has 8 nitrogen and oxygen atoms in total. The summed E-state index contributed by atoms with van der Waals surface area (Å²) in [6.07, 6.45) is 6.91. The Hall–Kier alpha value is -1.87. The molecule has 1 atom stereocenters. The lowest BCUT2D eigenvalue weighted by Gasteiger charge is -2.30. The first-order chi connectivity index (χ1) is 13.4. The predicted octanol–water partition coefficient (Wildman–Crippen LogP) is 1.57. The van der Waals surface area contributed by atoms with E-state index in [9.17, 15) is 18.0 Å². The van der Waals surface area contributed by atoms with Crippen LogP contribution < -0.4 is 5.32 Å². The van der Waals surface area contributed by atoms with E-state index in [1.165, 1.54) is 16.6 Å². The molecule has 2 aliphatic heterocycles. The quantitative estimate of drug-likeness (QED) is 0.769. The van der Waals surface area contributed by atoms with Gasteiger partial charge < -0.3 is 15.2 Å². The molecule has 0 spiro atoms. The van der Waals surface area contributed by atoms with E-state index >= 15 is 0 Å². The molecule has 0 radical (unpaired) electrons. The molecule has 1 aromatic rings. The number of piperidine rings is 1. The molecule has 2 aliphatic rings. The summed E-state index contributed by atoms with van der Waals surface area (Å²) in [5.74, 6) is -0.587. The van der Waals surface area contributed by atoms with Gasteiger partial charge in [-0.3, -0.25) is 9.59 Å². The molecule has 2 fully saturated rings. The monoisotopic (exact) mass is 410 g/mol. The van der Waals surface area contributed by atoms with Gasteiger partial charge in [-0.15, -0.1) is 0 Å². The van der Waals surface area contributed by atoms with Gasteiger partial charge in [0, 0.05) is 38.9 Å². The minimum Gasteiger partial charge on any atom is -0.356 e. The van der Waals surface area contributed by atoms with Crippen LogP contribution in [0.2, 0.25) is 0 Å². The lowest BCUT2D eigenvalue weighted by molar-refractivity contribution is -0.125. The van der Waals surface area contributed by atoms with E-state index in [1.54, 1.807) is 4.90 Å². The number of aromatic nitrogens is 1. The van der Waals surface area contributed by atoms with Crippen molar-refractivity contribution in [3.63, 3.8) is 0 Å². The molecule has 9 heteroatoms. The zero-order chi connectivity index (χ0) is 20.1. The Labute approximate surface area is 166 Å². The van der Waals surface area contributed by atoms with Gasteiger partial charge in [-0.2, -0.15) is 4.31 Å². The summed E-state index contributed by atoms with van der Waals surface area (Å²) in [5.41, 5.74) is 0.303. The molecule has 2 N–H and O–H groups in total. The van der Waals surface area contributed by atoms with E-state index in [4.69, 9.17) is 0 Å². The molecular formula is C19H30N4O4S. The number of hydrogen-bond acceptors (Lipinski definition) is 4. The number of rotatable bonds is 5. The van der Waals surface area contributed by atoms with Crippen LogP contribution in [0.4, 0.5) is 0 Å². The molecule has 3 heterocycles. The highest BCUT2D eigenvalue weighted by atomic mass is 32.2. The highest BCUT2D eigenvalue weighted by Gasteiger charge is 2.34. The molecule has 0 bridgehead atoms. The Bertz CT molecular complexity index is 797. The first-order valence-corrected chi connectivity index (χ1v) is 11.6. The summed E-state index contributed by atoms with van der Waals surface area (Å²) in [7, 11) is -3.74. The predicted molar refractivity (Wildman–Crippen MR) is 105 cm³/mol. The Kier molecular flexibility index (Phi) is 6.77. The molecule has 2 saturated heterocycles. The fourth-order valence-corrected chi connectivity index (χ4v) is 5.45. The molecule has 28 heavy (non-hydrogen) atoms. The fraction of sp³-hybridized carbons (Fsp3) is 0.684. The highest BCUT2D eigenvalue weighted by molar-refractivity contribution is 7.89. The van der Waals surface area contributed by atoms with Gasteiger partial charge in [0.25, 0.3) is 5.91 Å². The third-order valence-corrected chi connectivity index (χ3v) is 7.37. The van der Waals surface area contributed by atoms with Crippen LogP contribution >= 0.6 is 0 Å². The third-order valence-electron chi connectivity index (χ3n) is 5.52. The summed E-state index contributed by atoms with van der Waals surface area (Å²) < 4.78 is 27.4. The van der Waals surface area contributed by atoms with Gasteiger partial charge in [0.2, 0.25) is 15.9 Å². The number of aromatic amines is 1. The summed E-state index contributed by atoms with van der Waals surface area (Å²) in [6.45, 7) is 4.36. The number of nitrogens with zero attached hydrogens (tertiary/aromatic N) is 2. The summed E-state index contributed by atoms with van der Waals surface area (Å²) >= 11 is 0. The van der Waals surface area contributed by atoms with E-state index in [0.717, 1.165) is 25.7 Å². The SMILES string of the molecule is CCNC(=O)[C@@H]1CCCN(S(=O)(=O)c2c[nH]c(C(=O)N3CCCCCC3)c2)C1. The minimum absolute atomic E-state index is 0.0854. The fourth-order valence-electron chi connectivity index (χ4n) is 3.93. The van der Waals surface area contributed by atoms with E-state index < -0.39 is 10.0 Å². The van der Waals surface area contributed by atoms with Crippen LogP contribution in [0.1, 0.15) is 55.9 Å². The molecule has 1 aromatic heterocycles. The van der Waals surface area contributed by atoms with Crippen molar-refractivity contribution in [3.05, 3.63) is 18.0 Å². The molecule has 0 unspecified atom stereocenters. The standard InChI is InChI=1S/C19H30N4O4S/c1-2-20-18(24)15-8-7-11-23(14-15)28(26,27)16-12-17(21-13-16)19(25)22-9-5-3-4-6-10-22/h12-13,15,21H,2-11,14H2,1H3,(H,20,24)/t15-/m1/s1. The third kappa shape index (κ3) is 4.57. The Balaban J connectivity index is 1.72. The van der Waals surface area contributed by atoms with Crippen molar-refractivity contribution >= 4 is 21.8 Å². The van der Waals surface area contributed by atoms with Crippen LogP contribution in [0.3, 0.4) is 0 Å². The second kappa shape index (κ2) is 9.09. The van der Waals surface area contributed by atoms with E-state index in [-0.39, 0.29) is 29.2 Å². The minimum atomic E-state index is -3.74. The number of nitrogens with one attached hydrogen (secondary N) is 2. The second-order valence-electron chi connectivity index (χ2n) is 7.55. The average Bonchev–Trinajstić information content (AvgIpc) is 3.05. The molecule has 3 rings (SSSR count). The maximum atomic E-state index is 13.0. The van der Waals surface area contributed by atoms with Crippen molar-refractivity contribution in [3.8, 4) is 0 Å². The average molecular weight is 411 g/mol. The van der Waals surface area contributed by atoms with Gasteiger partial charge in [-0.1, -0.05) is 12.8 Å². The zero-order valence-electron chi connectivity index (χ0n) is 16.4. The number of amides is 2. The molecule has 0 saturated carbocycles. The lowest BCUT2D eigenvalue weighted by Crippen LogP contribution is -2.45. The summed E-state index contributed by atoms with van der Waals surface area (Å²) in [4.78, 5) is 29.6. The lowest BCUT2D eigenvalue weighted by atomic mass is 9.99. The van der Waals surface area contributed by atoms with Crippen LogP contribution in [-0.4, -0.2) is 67.1 Å². The van der Waals surface area contributed by atoms with Crippen molar-refractivity contribution in [1.82, 2.24) is 19.5 Å². The highest BCUT2D eigenvalue weighted by Crippen LogP contribution is 2.25. The molecule has 156 valence electrons. The van der Waals surface area contributed by atoms with Gasteiger partial charge in [0.15, 0.2) is 0 Å². The number of H-pyrrole nitrogens is 1. The maximum absolute atomic E-state index is 13.0. The normalized spacial score (nSPS) is 21.9. The number of carbonyl (C=O) groups excluding carboxylic acids is 2. The first-order valence-electron chi connectivity index (χ1n) is 10.2. The van der Waals surface area contributed by atoms with Crippen molar-refractivity contribution < 1.29 is 18.0 Å². The van der Waals surface area contributed by atoms with E-state index in [2.05, 4.69) is 10.3 Å². The van der Waals surface area contributed by atoms with Gasteiger partial charge in [-0.05, 0) is 38.7 Å². The van der Waals surface area contributed by atoms with Gasteiger partial charge >= 0.3 is 0 Å². The first kappa shape index (κ1) is 20.9. The number of hydrogen-bond donors (Lipinski definition) is 2. The van der Waals surface area contributed by atoms with Crippen molar-refractivity contribution in [2.45, 2.75) is 50.3 Å². The topological polar surface area (TPSA) is 103 Å². The van der Waals surface area contributed by atoms with E-state index in [0.29, 0.717) is 44.7 Å². The van der Waals surface area contributed by atoms with Crippen LogP contribution in [0.5, 0.6) is 0 Å². The summed E-state index contributed by atoms with van der Waals surface area (Å²) in [6, 6.07) is 1.43. The molecule has 2 amide bonds. The molecule has 0 aliphatic carbocycles. The van der Waals surface area contributed by atoms with Gasteiger partial charge in [0.05, 0.1) is 5.92 Å². The second-order valence-corrected chi connectivity index (χ2v) is 9.49. The molecular weight excluding hydrogens is 380 g/mol. The van der Waals surface area contributed by atoms with Crippen LogP contribution in [-0.2, 0) is 14.8 Å². The van der Waals surface area contributed by atoms with Gasteiger partial charge in [-0.25, -0.2) is 8.42 Å². The Morgan fingerprint density at radius 3 is 2.54 bits per heavy atom. The summed E-state index contributed by atoms with van der Waals surface area (Å²) in [5, 5.41) is 2.77. The maximum Gasteiger partial charge on any atom is 0.270 e. The van der Waals surface area contributed by atoms with Crippen LogP contribution in [0.15, 0.2) is 17.2 Å². The molecule has 0 aromatic carbocycles. The Morgan fingerprint density at radius 1 is 1.14 bits per heavy atom. The van der Waals surface area contributed by atoms with Crippen molar-refractivity contribution in [2.75, 3.05) is 32.7 Å². The van der Waals surface area contributed by atoms with Crippen LogP contribution in [0.25, 0.3) is 0 Å². The van der Waals surface area contributed by atoms with E-state index in [1.807, 2.05) is 6.92 Å². The zero-order valence-corrected chi connectivity index (χ0v) is 17.3. The van der Waals surface area contributed by atoms with Crippen LogP contribution in [0, 0.1) is 5.92 Å². The Morgan fingerprint density at radius 2 is 1.86 bits per heavy atom. The number of carbonyl (C=O) groups is 2. The largest absolute Gasteiger partial charge is 0.356 e. The smallest absolute Gasteiger partial charge is 0.270 e.